The van der Waals surface area contributed by atoms with Crippen molar-refractivity contribution in [2.75, 3.05) is 11.9 Å². The van der Waals surface area contributed by atoms with Gasteiger partial charge in [-0.2, -0.15) is 9.41 Å². The summed E-state index contributed by atoms with van der Waals surface area (Å²) in [6.45, 7) is 0. The van der Waals surface area contributed by atoms with E-state index in [-0.39, 0.29) is 23.1 Å². The van der Waals surface area contributed by atoms with Gasteiger partial charge in [0.1, 0.15) is 17.2 Å². The van der Waals surface area contributed by atoms with Crippen molar-refractivity contribution < 1.29 is 19.7 Å². The topological polar surface area (TPSA) is 160 Å². The number of anilines is 1. The minimum absolute atomic E-state index is 0.132. The lowest BCUT2D eigenvalue weighted by atomic mass is 9.98. The number of aryl methyl sites for hydroxylation is 1. The molecule has 2 aromatic carbocycles. The van der Waals surface area contributed by atoms with Crippen molar-refractivity contribution in [3.05, 3.63) is 93.5 Å². The number of carbonyl (C=O) groups is 1. The van der Waals surface area contributed by atoms with Crippen molar-refractivity contribution in [2.24, 2.45) is 0 Å². The highest BCUT2D eigenvalue weighted by atomic mass is 35.5. The Morgan fingerprint density at radius 2 is 1.95 bits per heavy atom. The number of rotatable bonds is 5. The Hall–Kier alpha value is -4.52. The number of fused-ring (bicyclic) bond motifs is 1. The number of nitrogens with zero attached hydrogens (tertiary/aromatic N) is 7. The summed E-state index contributed by atoms with van der Waals surface area (Å²) in [5.41, 5.74) is 2.38. The second-order valence-corrected chi connectivity index (χ2v) is 10.2. The SMILES string of the molecule is CN(C(=O)O)c1ccc(-c2nc([C@]3(O)CCc4cc(-c5cc(Cl)ccc5-n5cnnn5)c[n+]([O-])c43)[nH]c2Cl)cc1. The van der Waals surface area contributed by atoms with Gasteiger partial charge in [0.25, 0.3) is 0 Å². The molecule has 0 aliphatic heterocycles. The van der Waals surface area contributed by atoms with E-state index in [4.69, 9.17) is 23.2 Å². The minimum atomic E-state index is -1.71. The van der Waals surface area contributed by atoms with Crippen molar-refractivity contribution in [1.29, 1.82) is 0 Å². The van der Waals surface area contributed by atoms with Crippen LogP contribution in [0.4, 0.5) is 10.5 Å². The fraction of sp³-hybridized carbons (Fsp3) is 0.154. The van der Waals surface area contributed by atoms with Crippen LogP contribution in [-0.4, -0.2) is 53.5 Å². The molecule has 6 rings (SSSR count). The molecule has 5 aromatic rings. The highest BCUT2D eigenvalue weighted by Gasteiger charge is 2.49. The van der Waals surface area contributed by atoms with Crippen molar-refractivity contribution in [3.8, 4) is 28.1 Å². The minimum Gasteiger partial charge on any atom is -0.618 e. The lowest BCUT2D eigenvalue weighted by Crippen LogP contribution is -2.42. The van der Waals surface area contributed by atoms with Gasteiger partial charge in [-0.3, -0.25) is 4.90 Å². The molecule has 40 heavy (non-hydrogen) atoms. The summed E-state index contributed by atoms with van der Waals surface area (Å²) in [7, 11) is 1.44. The highest BCUT2D eigenvalue weighted by Crippen LogP contribution is 2.42. The Bertz CT molecular complexity index is 1760. The van der Waals surface area contributed by atoms with Gasteiger partial charge in [-0.1, -0.05) is 35.3 Å². The van der Waals surface area contributed by atoms with Gasteiger partial charge in [0.2, 0.25) is 11.3 Å². The number of halogens is 2. The number of hydrogen-bond acceptors (Lipinski definition) is 7. The molecule has 0 unspecified atom stereocenters. The molecule has 14 heteroatoms. The summed E-state index contributed by atoms with van der Waals surface area (Å²) in [6.07, 6.45) is 2.34. The maximum Gasteiger partial charge on any atom is 0.411 e. The molecule has 3 aromatic heterocycles. The molecule has 3 N–H and O–H groups in total. The average Bonchev–Trinajstić information content (AvgIpc) is 3.68. The molecule has 1 atom stereocenters. The quantitative estimate of drug-likeness (QED) is 0.208. The maximum absolute atomic E-state index is 13.4. The van der Waals surface area contributed by atoms with Crippen LogP contribution in [0.1, 0.15) is 23.5 Å². The average molecular weight is 579 g/mol. The second kappa shape index (κ2) is 9.59. The Morgan fingerprint density at radius 1 is 1.18 bits per heavy atom. The molecule has 1 amide bonds. The van der Waals surface area contributed by atoms with Crippen LogP contribution in [-0.2, 0) is 12.0 Å². The first kappa shape index (κ1) is 25.7. The van der Waals surface area contributed by atoms with Gasteiger partial charge in [-0.05, 0) is 59.7 Å². The van der Waals surface area contributed by atoms with E-state index in [0.717, 1.165) is 4.90 Å². The number of aromatic amines is 1. The van der Waals surface area contributed by atoms with Crippen LogP contribution in [0.5, 0.6) is 0 Å². The first-order valence-corrected chi connectivity index (χ1v) is 12.8. The molecule has 0 fully saturated rings. The van der Waals surface area contributed by atoms with Crippen LogP contribution < -0.4 is 9.63 Å². The Kier molecular flexibility index (Phi) is 6.17. The third-order valence-electron chi connectivity index (χ3n) is 6.99. The standard InChI is InChI=1S/C26H20Cl2N8O4/c1-34(25(37)38)18-5-2-14(3-6-18)21-23(28)31-24(30-21)26(39)9-8-15-10-16(12-36(40)22(15)26)19-11-17(27)4-7-20(19)35-13-29-32-33-35/h2-7,10-13,39H,8-9H2,1H3,(H,30,31)(H,37,38)/t26-/m0/s1. The van der Waals surface area contributed by atoms with Crippen LogP contribution in [0.25, 0.3) is 28.1 Å². The Labute approximate surface area is 236 Å². The van der Waals surface area contributed by atoms with E-state index in [9.17, 15) is 20.2 Å². The molecule has 0 saturated heterocycles. The molecule has 0 bridgehead atoms. The van der Waals surface area contributed by atoms with E-state index < -0.39 is 11.7 Å². The third kappa shape index (κ3) is 4.22. The Balaban J connectivity index is 1.38. The summed E-state index contributed by atoms with van der Waals surface area (Å²) < 4.78 is 2.12. The summed E-state index contributed by atoms with van der Waals surface area (Å²) >= 11 is 12.8. The number of aliphatic hydroxyl groups is 1. The summed E-state index contributed by atoms with van der Waals surface area (Å²) in [4.78, 5) is 19.8. The highest BCUT2D eigenvalue weighted by molar-refractivity contribution is 6.32. The Morgan fingerprint density at radius 3 is 2.65 bits per heavy atom. The predicted molar refractivity (Wildman–Crippen MR) is 145 cm³/mol. The predicted octanol–water partition coefficient (Wildman–Crippen LogP) is 3.96. The number of imidazole rings is 1. The fourth-order valence-electron chi connectivity index (χ4n) is 4.98. The summed E-state index contributed by atoms with van der Waals surface area (Å²) in [5, 5.41) is 46.4. The van der Waals surface area contributed by atoms with Crippen LogP contribution in [0.15, 0.2) is 61.1 Å². The van der Waals surface area contributed by atoms with Gasteiger partial charge in [-0.25, -0.2) is 9.78 Å². The fourth-order valence-corrected chi connectivity index (χ4v) is 5.39. The molecule has 0 spiro atoms. The maximum atomic E-state index is 13.4. The number of benzene rings is 2. The molecular formula is C26H20Cl2N8O4. The van der Waals surface area contributed by atoms with Gasteiger partial charge >= 0.3 is 6.09 Å². The number of aromatic nitrogens is 7. The van der Waals surface area contributed by atoms with E-state index in [1.807, 2.05) is 6.07 Å². The zero-order valence-electron chi connectivity index (χ0n) is 20.8. The number of nitrogens with one attached hydrogen (secondary N) is 1. The lowest BCUT2D eigenvalue weighted by molar-refractivity contribution is -0.620. The van der Waals surface area contributed by atoms with Gasteiger partial charge in [-0.15, -0.1) is 5.10 Å². The number of hydrogen-bond donors (Lipinski definition) is 3. The van der Waals surface area contributed by atoms with Crippen LogP contribution >= 0.6 is 23.2 Å². The molecular weight excluding hydrogens is 559 g/mol. The number of H-pyrrole nitrogens is 1. The van der Waals surface area contributed by atoms with Crippen molar-refractivity contribution in [1.82, 2.24) is 30.2 Å². The third-order valence-corrected chi connectivity index (χ3v) is 7.50. The summed E-state index contributed by atoms with van der Waals surface area (Å²) in [6, 6.07) is 13.6. The zero-order chi connectivity index (χ0) is 28.2. The van der Waals surface area contributed by atoms with E-state index in [1.54, 1.807) is 42.5 Å². The van der Waals surface area contributed by atoms with Crippen molar-refractivity contribution in [3.63, 3.8) is 0 Å². The number of pyridine rings is 1. The van der Waals surface area contributed by atoms with Crippen LogP contribution in [0, 0.1) is 5.21 Å². The van der Waals surface area contributed by atoms with E-state index in [0.29, 0.717) is 55.5 Å². The first-order chi connectivity index (χ1) is 19.2. The largest absolute Gasteiger partial charge is 0.618 e. The number of carboxylic acid groups (broad SMARTS) is 1. The van der Waals surface area contributed by atoms with Gasteiger partial charge in [0, 0.05) is 40.0 Å². The number of amides is 1. The first-order valence-electron chi connectivity index (χ1n) is 12.0. The molecule has 0 radical (unpaired) electrons. The van der Waals surface area contributed by atoms with E-state index >= 15 is 0 Å². The molecule has 0 saturated carbocycles. The molecule has 202 valence electrons. The van der Waals surface area contributed by atoms with E-state index in [1.165, 1.54) is 24.3 Å². The van der Waals surface area contributed by atoms with E-state index in [2.05, 4.69) is 25.5 Å². The van der Waals surface area contributed by atoms with Gasteiger partial charge in [0.05, 0.1) is 5.69 Å². The zero-order valence-corrected chi connectivity index (χ0v) is 22.3. The lowest BCUT2D eigenvalue weighted by Gasteiger charge is -2.20. The second-order valence-electron chi connectivity index (χ2n) is 9.34. The van der Waals surface area contributed by atoms with Crippen molar-refractivity contribution in [2.45, 2.75) is 18.4 Å². The molecule has 1 aliphatic rings. The van der Waals surface area contributed by atoms with Crippen LogP contribution in [0.3, 0.4) is 0 Å². The monoisotopic (exact) mass is 578 g/mol. The summed E-state index contributed by atoms with van der Waals surface area (Å²) in [5.74, 6) is 0.132. The van der Waals surface area contributed by atoms with Crippen molar-refractivity contribution >= 4 is 35.0 Å². The molecule has 3 heterocycles. The van der Waals surface area contributed by atoms with Gasteiger partial charge in [0.15, 0.2) is 12.0 Å². The normalized spacial score (nSPS) is 16.2. The number of tetrazole rings is 1. The molecule has 12 nitrogen and oxygen atoms in total. The molecule has 1 aliphatic carbocycles. The smallest absolute Gasteiger partial charge is 0.411 e. The van der Waals surface area contributed by atoms with Crippen LogP contribution in [0.2, 0.25) is 10.2 Å². The van der Waals surface area contributed by atoms with Gasteiger partial charge < -0.3 is 20.4 Å².